The highest BCUT2D eigenvalue weighted by atomic mass is 19.1. The van der Waals surface area contributed by atoms with Gasteiger partial charge in [0.05, 0.1) is 12.7 Å². The number of benzene rings is 2. The maximum atomic E-state index is 14.3. The molecule has 2 N–H and O–H groups in total. The molecule has 0 radical (unpaired) electrons. The van der Waals surface area contributed by atoms with E-state index in [9.17, 15) is 14.6 Å². The quantitative estimate of drug-likeness (QED) is 0.819. The Kier molecular flexibility index (Phi) is 5.30. The Balaban J connectivity index is 1.73. The van der Waals surface area contributed by atoms with Crippen LogP contribution >= 0.6 is 0 Å². The first kappa shape index (κ1) is 19.2. The molecule has 150 valence electrons. The van der Waals surface area contributed by atoms with E-state index in [-0.39, 0.29) is 23.5 Å². The van der Waals surface area contributed by atoms with E-state index in [1.54, 1.807) is 12.1 Å². The zero-order chi connectivity index (χ0) is 19.7. The normalized spacial score (nSPS) is 28.0. The minimum absolute atomic E-state index is 0.0480. The van der Waals surface area contributed by atoms with Gasteiger partial charge < -0.3 is 14.9 Å². The van der Waals surface area contributed by atoms with Crippen LogP contribution in [0.1, 0.15) is 49.3 Å². The number of nitrogens with zero attached hydrogens (tertiary/aromatic N) is 1. The number of methoxy groups -OCH3 is 1. The first-order valence-corrected chi connectivity index (χ1v) is 10.1. The van der Waals surface area contributed by atoms with Crippen LogP contribution in [0.15, 0.2) is 42.5 Å². The highest BCUT2D eigenvalue weighted by Crippen LogP contribution is 2.50. The minimum Gasteiger partial charge on any atom is -0.504 e. The van der Waals surface area contributed by atoms with Crippen molar-refractivity contribution in [3.8, 4) is 11.5 Å². The van der Waals surface area contributed by atoms with Gasteiger partial charge in [-0.15, -0.1) is 0 Å². The third kappa shape index (κ3) is 3.49. The second kappa shape index (κ2) is 7.72. The number of halogens is 1. The summed E-state index contributed by atoms with van der Waals surface area (Å²) in [7, 11) is 1.54. The number of aliphatic hydroxyl groups is 1. The second-order valence-corrected chi connectivity index (χ2v) is 8.14. The smallest absolute Gasteiger partial charge is 0.160 e. The van der Waals surface area contributed by atoms with Crippen LogP contribution in [0, 0.1) is 11.7 Å². The standard InChI is InChI=1S/C23H28FNO3/c1-28-21-14-16(9-10-20(21)26)22-18-7-4-5-11-23(18,27)12-13-25(22)15-17-6-2-3-8-19(17)24/h2-3,6,8-10,14,18,22,26-27H,4-5,7,11-13,15H2,1H3/t18-,22-,23-/m0/s1. The Labute approximate surface area is 165 Å². The molecule has 2 aromatic carbocycles. The fourth-order valence-corrected chi connectivity index (χ4v) is 5.09. The van der Waals surface area contributed by atoms with Crippen LogP contribution in [0.5, 0.6) is 11.5 Å². The van der Waals surface area contributed by atoms with Crippen molar-refractivity contribution in [2.24, 2.45) is 5.92 Å². The van der Waals surface area contributed by atoms with Gasteiger partial charge in [-0.2, -0.15) is 0 Å². The third-order valence-electron chi connectivity index (χ3n) is 6.55. The lowest BCUT2D eigenvalue weighted by Gasteiger charge is -2.52. The van der Waals surface area contributed by atoms with Gasteiger partial charge in [-0.25, -0.2) is 4.39 Å². The summed E-state index contributed by atoms with van der Waals surface area (Å²) in [6, 6.07) is 12.2. The van der Waals surface area contributed by atoms with Crippen molar-refractivity contribution < 1.29 is 19.3 Å². The Hall–Kier alpha value is -2.11. The molecule has 0 bridgehead atoms. The number of piperidine rings is 1. The number of rotatable bonds is 4. The second-order valence-electron chi connectivity index (χ2n) is 8.14. The van der Waals surface area contributed by atoms with Crippen molar-refractivity contribution >= 4 is 0 Å². The molecule has 4 nitrogen and oxygen atoms in total. The molecule has 2 fully saturated rings. The van der Waals surface area contributed by atoms with E-state index in [4.69, 9.17) is 4.74 Å². The minimum atomic E-state index is -0.681. The van der Waals surface area contributed by atoms with Crippen molar-refractivity contribution in [1.82, 2.24) is 4.90 Å². The summed E-state index contributed by atoms with van der Waals surface area (Å²) in [5.41, 5.74) is 0.982. The van der Waals surface area contributed by atoms with Gasteiger partial charge in [-0.05, 0) is 43.0 Å². The van der Waals surface area contributed by atoms with Gasteiger partial charge in [0.2, 0.25) is 0 Å². The van der Waals surface area contributed by atoms with E-state index >= 15 is 0 Å². The lowest BCUT2D eigenvalue weighted by molar-refractivity contribution is -0.126. The largest absolute Gasteiger partial charge is 0.504 e. The topological polar surface area (TPSA) is 52.9 Å². The number of ether oxygens (including phenoxy) is 1. The maximum Gasteiger partial charge on any atom is 0.160 e. The van der Waals surface area contributed by atoms with E-state index < -0.39 is 5.60 Å². The van der Waals surface area contributed by atoms with Crippen molar-refractivity contribution in [3.63, 3.8) is 0 Å². The van der Waals surface area contributed by atoms with E-state index in [1.165, 1.54) is 13.2 Å². The summed E-state index contributed by atoms with van der Waals surface area (Å²) in [5, 5.41) is 21.4. The van der Waals surface area contributed by atoms with Gasteiger partial charge in [-0.1, -0.05) is 37.1 Å². The van der Waals surface area contributed by atoms with Crippen LogP contribution in [0.3, 0.4) is 0 Å². The number of likely N-dealkylation sites (tertiary alicyclic amines) is 1. The number of fused-ring (bicyclic) bond motifs is 1. The van der Waals surface area contributed by atoms with Crippen molar-refractivity contribution in [1.29, 1.82) is 0 Å². The SMILES string of the molecule is COc1cc([C@H]2[C@@H]3CCCC[C@]3(O)CCN2Cc2ccccc2F)ccc1O. The summed E-state index contributed by atoms with van der Waals surface area (Å²) in [4.78, 5) is 2.27. The lowest BCUT2D eigenvalue weighted by atomic mass is 9.66. The molecule has 0 aromatic heterocycles. The molecular weight excluding hydrogens is 357 g/mol. The Morgan fingerprint density at radius 1 is 1.18 bits per heavy atom. The summed E-state index contributed by atoms with van der Waals surface area (Å²) in [6.07, 6.45) is 4.60. The predicted octanol–water partition coefficient (Wildman–Crippen LogP) is 4.41. The molecule has 28 heavy (non-hydrogen) atoms. The van der Waals surface area contributed by atoms with Gasteiger partial charge in [0.25, 0.3) is 0 Å². The summed E-state index contributed by atoms with van der Waals surface area (Å²) in [6.45, 7) is 1.20. The monoisotopic (exact) mass is 385 g/mol. The van der Waals surface area contributed by atoms with Crippen LogP contribution in [0.4, 0.5) is 4.39 Å². The van der Waals surface area contributed by atoms with Crippen LogP contribution in [0.2, 0.25) is 0 Å². The number of hydrogen-bond donors (Lipinski definition) is 2. The highest BCUT2D eigenvalue weighted by molar-refractivity contribution is 5.43. The molecule has 0 amide bonds. The lowest BCUT2D eigenvalue weighted by Crippen LogP contribution is -2.54. The molecule has 5 heteroatoms. The highest BCUT2D eigenvalue weighted by Gasteiger charge is 2.49. The van der Waals surface area contributed by atoms with Crippen molar-refractivity contribution in [2.45, 2.75) is 50.3 Å². The van der Waals surface area contributed by atoms with Gasteiger partial charge >= 0.3 is 0 Å². The number of aromatic hydroxyl groups is 1. The average Bonchev–Trinajstić information content (AvgIpc) is 2.70. The fourth-order valence-electron chi connectivity index (χ4n) is 5.09. The molecular formula is C23H28FNO3. The van der Waals surface area contributed by atoms with Crippen molar-refractivity contribution in [2.75, 3.05) is 13.7 Å². The van der Waals surface area contributed by atoms with Gasteiger partial charge in [0.15, 0.2) is 11.5 Å². The van der Waals surface area contributed by atoms with Crippen LogP contribution in [-0.2, 0) is 6.54 Å². The maximum absolute atomic E-state index is 14.3. The van der Waals surface area contributed by atoms with E-state index in [1.807, 2.05) is 24.3 Å². The number of phenolic OH excluding ortho intramolecular Hbond substituents is 1. The first-order chi connectivity index (χ1) is 13.5. The molecule has 2 aromatic rings. The molecule has 0 unspecified atom stereocenters. The Morgan fingerprint density at radius 2 is 2.00 bits per heavy atom. The molecule has 1 heterocycles. The van der Waals surface area contributed by atoms with E-state index in [2.05, 4.69) is 4.90 Å². The predicted molar refractivity (Wildman–Crippen MR) is 106 cm³/mol. The molecule has 3 atom stereocenters. The van der Waals surface area contributed by atoms with E-state index in [0.29, 0.717) is 30.8 Å². The van der Waals surface area contributed by atoms with E-state index in [0.717, 1.165) is 31.2 Å². The average molecular weight is 385 g/mol. The zero-order valence-electron chi connectivity index (χ0n) is 16.3. The number of phenols is 1. The van der Waals surface area contributed by atoms with Gasteiger partial charge in [-0.3, -0.25) is 4.90 Å². The van der Waals surface area contributed by atoms with Crippen LogP contribution in [0.25, 0.3) is 0 Å². The molecule has 2 aliphatic rings. The van der Waals surface area contributed by atoms with Crippen LogP contribution in [-0.4, -0.2) is 34.4 Å². The summed E-state index contributed by atoms with van der Waals surface area (Å²) >= 11 is 0. The third-order valence-corrected chi connectivity index (χ3v) is 6.55. The molecule has 1 saturated heterocycles. The van der Waals surface area contributed by atoms with Crippen LogP contribution < -0.4 is 4.74 Å². The van der Waals surface area contributed by atoms with Gasteiger partial charge in [0.1, 0.15) is 5.82 Å². The Morgan fingerprint density at radius 3 is 2.79 bits per heavy atom. The molecule has 1 aliphatic heterocycles. The summed E-state index contributed by atoms with van der Waals surface area (Å²) in [5.74, 6) is 0.403. The molecule has 4 rings (SSSR count). The Bertz CT molecular complexity index is 842. The molecule has 1 saturated carbocycles. The molecule has 0 spiro atoms. The van der Waals surface area contributed by atoms with Gasteiger partial charge in [0, 0.05) is 30.6 Å². The van der Waals surface area contributed by atoms with Crippen molar-refractivity contribution in [3.05, 3.63) is 59.4 Å². The molecule has 1 aliphatic carbocycles. The fraction of sp³-hybridized carbons (Fsp3) is 0.478. The number of hydrogen-bond acceptors (Lipinski definition) is 4. The zero-order valence-corrected chi connectivity index (χ0v) is 16.3. The summed E-state index contributed by atoms with van der Waals surface area (Å²) < 4.78 is 19.6. The first-order valence-electron chi connectivity index (χ1n) is 10.1.